The highest BCUT2D eigenvalue weighted by Crippen LogP contribution is 2.56. The Balaban J connectivity index is 1.22. The number of nitrogens with one attached hydrogen (secondary N) is 1. The Hall–Kier alpha value is -6.68. The lowest BCUT2D eigenvalue weighted by Crippen LogP contribution is -2.29. The van der Waals surface area contributed by atoms with Crippen LogP contribution in [0.2, 0.25) is 0 Å². The molecule has 10 rings (SSSR count). The molecule has 0 saturated carbocycles. The summed E-state index contributed by atoms with van der Waals surface area (Å²) < 4.78 is 2.51. The Morgan fingerprint density at radius 3 is 1.76 bits per heavy atom. The number of benzene rings is 8. The maximum absolute atomic E-state index is 6.82. The maximum Gasteiger partial charge on any atom is 0.0824 e. The Bertz CT molecular complexity index is 2820. The molecule has 8 aromatic carbocycles. The van der Waals surface area contributed by atoms with Crippen LogP contribution in [-0.4, -0.2) is 4.57 Å². The van der Waals surface area contributed by atoms with E-state index in [-0.39, 0.29) is 12.2 Å². The van der Waals surface area contributed by atoms with Gasteiger partial charge in [-0.1, -0.05) is 176 Å². The van der Waals surface area contributed by atoms with Crippen LogP contribution in [0.25, 0.3) is 49.4 Å². The van der Waals surface area contributed by atoms with Crippen LogP contribution < -0.4 is 11.1 Å². The van der Waals surface area contributed by atoms with Crippen molar-refractivity contribution in [1.82, 2.24) is 9.88 Å². The van der Waals surface area contributed by atoms with Crippen molar-refractivity contribution in [2.45, 2.75) is 24.5 Å². The van der Waals surface area contributed by atoms with Crippen molar-refractivity contribution in [3.8, 4) is 11.1 Å². The third kappa shape index (κ3) is 5.31. The van der Waals surface area contributed by atoms with Crippen LogP contribution in [0, 0.1) is 0 Å². The molecule has 0 aliphatic heterocycles. The van der Waals surface area contributed by atoms with Gasteiger partial charge in [0, 0.05) is 16.5 Å². The van der Waals surface area contributed by atoms with Crippen LogP contribution in [0.4, 0.5) is 0 Å². The van der Waals surface area contributed by atoms with Crippen LogP contribution in [0.1, 0.15) is 52.5 Å². The summed E-state index contributed by atoms with van der Waals surface area (Å²) in [6.07, 6.45) is 2.05. The highest BCUT2D eigenvalue weighted by atomic mass is 15.2. The largest absolute Gasteiger partial charge is 0.398 e. The van der Waals surface area contributed by atoms with Crippen LogP contribution in [0.3, 0.4) is 0 Å². The van der Waals surface area contributed by atoms with Crippen molar-refractivity contribution in [1.29, 1.82) is 0 Å². The van der Waals surface area contributed by atoms with Crippen molar-refractivity contribution in [2.75, 3.05) is 0 Å². The minimum Gasteiger partial charge on any atom is -0.398 e. The van der Waals surface area contributed by atoms with Crippen molar-refractivity contribution in [3.05, 3.63) is 234 Å². The van der Waals surface area contributed by atoms with Crippen molar-refractivity contribution in [2.24, 2.45) is 5.73 Å². The molecule has 0 spiro atoms. The molecular formula is C52H41N3. The molecule has 3 nitrogen and oxygen atoms in total. The average molecular weight is 708 g/mol. The summed E-state index contributed by atoms with van der Waals surface area (Å²) in [4.78, 5) is 0. The third-order valence-corrected chi connectivity index (χ3v) is 11.7. The molecule has 0 bridgehead atoms. The van der Waals surface area contributed by atoms with E-state index in [2.05, 4.69) is 199 Å². The van der Waals surface area contributed by atoms with Gasteiger partial charge in [0.05, 0.1) is 28.7 Å². The van der Waals surface area contributed by atoms with Crippen LogP contribution >= 0.6 is 0 Å². The Kier molecular flexibility index (Phi) is 7.97. The maximum atomic E-state index is 6.82. The number of fused-ring (bicyclic) bond motifs is 7. The molecule has 9 aromatic rings. The molecule has 3 N–H and O–H groups in total. The lowest BCUT2D eigenvalue weighted by atomic mass is 9.67. The fourth-order valence-electron chi connectivity index (χ4n) is 9.24. The fourth-order valence-corrected chi connectivity index (χ4v) is 9.24. The molecule has 2 atom stereocenters. The van der Waals surface area contributed by atoms with E-state index in [1.54, 1.807) is 0 Å². The third-order valence-electron chi connectivity index (χ3n) is 11.7. The second-order valence-corrected chi connectivity index (χ2v) is 14.7. The molecule has 1 aromatic heterocycles. The Morgan fingerprint density at radius 2 is 1.09 bits per heavy atom. The Morgan fingerprint density at radius 1 is 0.545 bits per heavy atom. The minimum absolute atomic E-state index is 0.114. The van der Waals surface area contributed by atoms with Gasteiger partial charge in [0.15, 0.2) is 0 Å². The lowest BCUT2D eigenvalue weighted by Gasteiger charge is -2.34. The zero-order valence-corrected chi connectivity index (χ0v) is 30.7. The molecule has 1 aliphatic rings. The summed E-state index contributed by atoms with van der Waals surface area (Å²) in [7, 11) is 0. The Labute approximate surface area is 322 Å². The number of hydrogen-bond donors (Lipinski definition) is 2. The van der Waals surface area contributed by atoms with Gasteiger partial charge in [-0.15, -0.1) is 0 Å². The first-order chi connectivity index (χ1) is 27.1. The quantitative estimate of drug-likeness (QED) is 0.165. The van der Waals surface area contributed by atoms with Crippen molar-refractivity contribution in [3.63, 3.8) is 0 Å². The fraction of sp³-hybridized carbons (Fsp3) is 0.0769. The highest BCUT2D eigenvalue weighted by Gasteiger charge is 2.46. The molecule has 0 saturated heterocycles. The van der Waals surface area contributed by atoms with Crippen molar-refractivity contribution >= 4 is 38.3 Å². The van der Waals surface area contributed by atoms with Crippen molar-refractivity contribution < 1.29 is 0 Å². The summed E-state index contributed by atoms with van der Waals surface area (Å²) in [5.41, 5.74) is 19.3. The monoisotopic (exact) mass is 707 g/mol. The van der Waals surface area contributed by atoms with Crippen LogP contribution in [0.5, 0.6) is 0 Å². The molecule has 2 unspecified atom stereocenters. The second-order valence-electron chi connectivity index (χ2n) is 14.7. The van der Waals surface area contributed by atoms with E-state index in [0.29, 0.717) is 0 Å². The molecule has 3 heteroatoms. The van der Waals surface area contributed by atoms with Gasteiger partial charge in [0.1, 0.15) is 0 Å². The van der Waals surface area contributed by atoms with Gasteiger partial charge in [-0.05, 0) is 86.5 Å². The van der Waals surface area contributed by atoms with Gasteiger partial charge in [0.2, 0.25) is 0 Å². The summed E-state index contributed by atoms with van der Waals surface area (Å²) in [6.45, 7) is 2.27. The van der Waals surface area contributed by atoms with E-state index >= 15 is 0 Å². The van der Waals surface area contributed by atoms with Gasteiger partial charge >= 0.3 is 0 Å². The zero-order chi connectivity index (χ0) is 36.9. The highest BCUT2D eigenvalue weighted by molar-refractivity contribution is 6.13. The van der Waals surface area contributed by atoms with Gasteiger partial charge in [-0.25, -0.2) is 0 Å². The first kappa shape index (κ1) is 32.9. The van der Waals surface area contributed by atoms with E-state index in [9.17, 15) is 0 Å². The zero-order valence-electron chi connectivity index (χ0n) is 30.7. The van der Waals surface area contributed by atoms with Gasteiger partial charge < -0.3 is 10.3 Å². The molecule has 0 fully saturated rings. The second kappa shape index (κ2) is 13.3. The van der Waals surface area contributed by atoms with Gasteiger partial charge in [-0.2, -0.15) is 0 Å². The summed E-state index contributed by atoms with van der Waals surface area (Å²) in [6, 6.07) is 70.3. The average Bonchev–Trinajstić information content (AvgIpc) is 3.73. The molecular weight excluding hydrogens is 667 g/mol. The van der Waals surface area contributed by atoms with Crippen LogP contribution in [0.15, 0.2) is 200 Å². The standard InChI is InChI=1S/C52H41N3/c1-35(54-49(37-19-7-3-8-20-37)34-48(53)36-17-5-2-6-18-36)55-50-32-39-22-12-11-21-38(39)31-45(50)44-30-29-41(33-51(44)55)52(40-23-9-4-10-24-40)46-27-15-13-25-42(46)43-26-14-16-28-47(43)52/h2-35,49,54H,53H2,1H3/b48-34-. The molecule has 264 valence electrons. The number of rotatable bonds is 8. The number of nitrogens with two attached hydrogens (primary N) is 1. The molecule has 0 radical (unpaired) electrons. The predicted octanol–water partition coefficient (Wildman–Crippen LogP) is 12.2. The first-order valence-corrected chi connectivity index (χ1v) is 19.2. The SMILES string of the molecule is CC(NC(/C=C(\N)c1ccccc1)c1ccccc1)n1c2cc(C3(c4ccccc4)c4ccccc4-c4ccccc43)ccc2c2cc3ccccc3cc21. The molecule has 1 aliphatic carbocycles. The number of hydrogen-bond acceptors (Lipinski definition) is 2. The first-order valence-electron chi connectivity index (χ1n) is 19.2. The van der Waals surface area contributed by atoms with E-state index in [1.165, 1.54) is 66.0 Å². The predicted molar refractivity (Wildman–Crippen MR) is 230 cm³/mol. The summed E-state index contributed by atoms with van der Waals surface area (Å²) in [5, 5.41) is 8.97. The van der Waals surface area contributed by atoms with E-state index in [4.69, 9.17) is 5.73 Å². The lowest BCUT2D eigenvalue weighted by molar-refractivity contribution is 0.428. The van der Waals surface area contributed by atoms with Crippen LogP contribution in [-0.2, 0) is 5.41 Å². The van der Waals surface area contributed by atoms with E-state index < -0.39 is 5.41 Å². The normalized spacial score (nSPS) is 14.5. The molecule has 0 amide bonds. The van der Waals surface area contributed by atoms with E-state index in [1.807, 2.05) is 18.2 Å². The number of aromatic nitrogens is 1. The topological polar surface area (TPSA) is 43.0 Å². The summed E-state index contributed by atoms with van der Waals surface area (Å²) in [5.74, 6) is 0. The smallest absolute Gasteiger partial charge is 0.0824 e. The van der Waals surface area contributed by atoms with Gasteiger partial charge in [0.25, 0.3) is 0 Å². The number of nitrogens with zero attached hydrogens (tertiary/aromatic N) is 1. The minimum atomic E-state index is -0.495. The van der Waals surface area contributed by atoms with E-state index in [0.717, 1.165) is 16.8 Å². The molecule has 55 heavy (non-hydrogen) atoms. The summed E-state index contributed by atoms with van der Waals surface area (Å²) >= 11 is 0. The molecule has 1 heterocycles. The van der Waals surface area contributed by atoms with Gasteiger partial charge in [-0.3, -0.25) is 5.32 Å².